The Morgan fingerprint density at radius 2 is 1.76 bits per heavy atom. The summed E-state index contributed by atoms with van der Waals surface area (Å²) in [6, 6.07) is 15.3. The number of fused-ring (bicyclic) bond motifs is 6. The van der Waals surface area contributed by atoms with E-state index in [9.17, 15) is 14.4 Å². The number of hydrogen-bond acceptors (Lipinski definition) is 7. The van der Waals surface area contributed by atoms with Crippen molar-refractivity contribution in [3.8, 4) is 11.5 Å². The lowest BCUT2D eigenvalue weighted by Gasteiger charge is -2.35. The number of Topliss-reactive ketones (excluding diaryl/α,β-unsaturated/α-hetero) is 1. The van der Waals surface area contributed by atoms with Crippen molar-refractivity contribution in [3.63, 3.8) is 0 Å². The molecular formula is C26H18N2O5S. The van der Waals surface area contributed by atoms with Crippen LogP contribution in [0.5, 0.6) is 11.5 Å². The first-order chi connectivity index (χ1) is 16.6. The van der Waals surface area contributed by atoms with Crippen molar-refractivity contribution in [2.75, 3.05) is 11.7 Å². The molecule has 34 heavy (non-hydrogen) atoms. The minimum absolute atomic E-state index is 0.101. The molecule has 0 unspecified atom stereocenters. The molecule has 5 heterocycles. The number of benzene rings is 2. The fraction of sp³-hybridized carbons (Fsp3) is 0.192. The van der Waals surface area contributed by atoms with Crippen molar-refractivity contribution >= 4 is 40.7 Å². The minimum Gasteiger partial charge on any atom is -0.454 e. The van der Waals surface area contributed by atoms with Crippen LogP contribution in [-0.2, 0) is 9.59 Å². The molecule has 4 aliphatic heterocycles. The van der Waals surface area contributed by atoms with Crippen LogP contribution in [0.25, 0.3) is 6.08 Å². The molecule has 168 valence electrons. The number of hydrogen-bond donors (Lipinski definition) is 0. The number of nitrogens with zero attached hydrogens (tertiary/aromatic N) is 2. The van der Waals surface area contributed by atoms with Gasteiger partial charge in [0.1, 0.15) is 6.04 Å². The Labute approximate surface area is 198 Å². The van der Waals surface area contributed by atoms with Gasteiger partial charge in [-0.2, -0.15) is 0 Å². The van der Waals surface area contributed by atoms with Crippen LogP contribution in [0.2, 0.25) is 0 Å². The first-order valence-corrected chi connectivity index (χ1v) is 11.9. The second kappa shape index (κ2) is 7.04. The lowest BCUT2D eigenvalue weighted by atomic mass is 9.84. The monoisotopic (exact) mass is 470 g/mol. The molecule has 3 aromatic rings. The summed E-state index contributed by atoms with van der Waals surface area (Å²) in [5, 5.41) is 1.85. The quantitative estimate of drug-likeness (QED) is 0.427. The third kappa shape index (κ3) is 2.54. The van der Waals surface area contributed by atoms with Gasteiger partial charge in [-0.25, -0.2) is 4.90 Å². The van der Waals surface area contributed by atoms with Crippen molar-refractivity contribution < 1.29 is 23.9 Å². The predicted octanol–water partition coefficient (Wildman–Crippen LogP) is 3.88. The molecule has 2 aromatic carbocycles. The highest BCUT2D eigenvalue weighted by Gasteiger charge is 2.64. The molecule has 1 aromatic heterocycles. The van der Waals surface area contributed by atoms with Gasteiger partial charge in [0.25, 0.3) is 0 Å². The summed E-state index contributed by atoms with van der Waals surface area (Å²) in [6.45, 7) is 0.101. The molecule has 7 nitrogen and oxygen atoms in total. The van der Waals surface area contributed by atoms with E-state index in [4.69, 9.17) is 9.47 Å². The van der Waals surface area contributed by atoms with Crippen molar-refractivity contribution in [1.82, 2.24) is 4.90 Å². The van der Waals surface area contributed by atoms with Gasteiger partial charge < -0.3 is 14.4 Å². The van der Waals surface area contributed by atoms with Crippen LogP contribution in [-0.4, -0.2) is 35.3 Å². The highest BCUT2D eigenvalue weighted by molar-refractivity contribution is 7.12. The first kappa shape index (κ1) is 19.5. The number of ether oxygens (including phenoxy) is 2. The van der Waals surface area contributed by atoms with Gasteiger partial charge in [-0.3, -0.25) is 14.4 Å². The third-order valence-corrected chi connectivity index (χ3v) is 7.99. The van der Waals surface area contributed by atoms with Gasteiger partial charge in [0.15, 0.2) is 17.3 Å². The number of amides is 2. The van der Waals surface area contributed by atoms with Crippen molar-refractivity contribution in [2.24, 2.45) is 11.8 Å². The number of carbonyl (C=O) groups excluding carboxylic acids is 3. The molecule has 8 heteroatoms. The molecule has 0 bridgehead atoms. The lowest BCUT2D eigenvalue weighted by molar-refractivity contribution is -0.123. The highest BCUT2D eigenvalue weighted by atomic mass is 32.1. The predicted molar refractivity (Wildman–Crippen MR) is 125 cm³/mol. The Kier molecular flexibility index (Phi) is 4.05. The van der Waals surface area contributed by atoms with Crippen LogP contribution >= 0.6 is 11.3 Å². The molecular weight excluding hydrogens is 452 g/mol. The number of carbonyl (C=O) groups is 3. The van der Waals surface area contributed by atoms with Crippen LogP contribution in [0.15, 0.2) is 66.2 Å². The molecule has 2 fully saturated rings. The average molecular weight is 471 g/mol. The van der Waals surface area contributed by atoms with Crippen LogP contribution in [0.3, 0.4) is 0 Å². The minimum atomic E-state index is -0.784. The molecule has 7 rings (SSSR count). The zero-order valence-electron chi connectivity index (χ0n) is 17.8. The summed E-state index contributed by atoms with van der Waals surface area (Å²) in [6.07, 6.45) is 3.82. The summed E-state index contributed by atoms with van der Waals surface area (Å²) in [4.78, 5) is 45.2. The molecule has 2 amide bonds. The summed E-state index contributed by atoms with van der Waals surface area (Å²) < 4.78 is 10.8. The van der Waals surface area contributed by atoms with E-state index in [0.29, 0.717) is 22.1 Å². The smallest absolute Gasteiger partial charge is 0.240 e. The van der Waals surface area contributed by atoms with Gasteiger partial charge in [-0.1, -0.05) is 30.3 Å². The number of rotatable bonds is 3. The van der Waals surface area contributed by atoms with E-state index in [1.54, 1.807) is 24.3 Å². The molecule has 0 saturated carbocycles. The van der Waals surface area contributed by atoms with Gasteiger partial charge in [0.2, 0.25) is 18.6 Å². The molecule has 4 atom stereocenters. The number of anilines is 1. The number of imide groups is 1. The van der Waals surface area contributed by atoms with E-state index in [1.165, 1.54) is 16.2 Å². The fourth-order valence-electron chi connectivity index (χ4n) is 5.70. The lowest BCUT2D eigenvalue weighted by Crippen LogP contribution is -2.44. The van der Waals surface area contributed by atoms with E-state index in [0.717, 1.165) is 11.1 Å². The summed E-state index contributed by atoms with van der Waals surface area (Å²) >= 11 is 1.35. The van der Waals surface area contributed by atoms with Crippen molar-refractivity contribution in [1.29, 1.82) is 0 Å². The Hall–Kier alpha value is -3.91. The number of thiophene rings is 1. The molecule has 0 aliphatic carbocycles. The van der Waals surface area contributed by atoms with E-state index in [2.05, 4.69) is 0 Å². The maximum Gasteiger partial charge on any atom is 0.240 e. The van der Waals surface area contributed by atoms with E-state index >= 15 is 0 Å². The van der Waals surface area contributed by atoms with Crippen molar-refractivity contribution in [3.05, 3.63) is 82.2 Å². The SMILES string of the molecule is O=C(c1cccs1)[C@@H]1[C@@H]2C(=O)N(c3ccc4c(c3)OCO4)C(=O)[C@H]2[C@@H]2c3ccccc3C=CN12. The molecule has 2 saturated heterocycles. The molecule has 0 N–H and O–H groups in total. The van der Waals surface area contributed by atoms with Gasteiger partial charge in [-0.15, -0.1) is 11.3 Å². The Bertz CT molecular complexity index is 1400. The maximum atomic E-state index is 13.9. The normalized spacial score (nSPS) is 26.0. The summed E-state index contributed by atoms with van der Waals surface area (Å²) in [7, 11) is 0. The van der Waals surface area contributed by atoms with Gasteiger partial charge >= 0.3 is 0 Å². The second-order valence-corrected chi connectivity index (χ2v) is 9.67. The highest BCUT2D eigenvalue weighted by Crippen LogP contribution is 2.54. The fourth-order valence-corrected chi connectivity index (χ4v) is 6.40. The van der Waals surface area contributed by atoms with Gasteiger partial charge in [0.05, 0.1) is 28.4 Å². The number of ketones is 1. The van der Waals surface area contributed by atoms with Crippen molar-refractivity contribution in [2.45, 2.75) is 12.1 Å². The zero-order valence-corrected chi connectivity index (χ0v) is 18.6. The van der Waals surface area contributed by atoms with Crippen LogP contribution in [0.4, 0.5) is 5.69 Å². The van der Waals surface area contributed by atoms with E-state index in [-0.39, 0.29) is 24.4 Å². The zero-order chi connectivity index (χ0) is 23.0. The van der Waals surface area contributed by atoms with Crippen LogP contribution in [0.1, 0.15) is 26.8 Å². The molecule has 0 spiro atoms. The average Bonchev–Trinajstić information content (AvgIpc) is 3.64. The van der Waals surface area contributed by atoms with Gasteiger partial charge in [0, 0.05) is 12.3 Å². The van der Waals surface area contributed by atoms with E-state index < -0.39 is 23.9 Å². The second-order valence-electron chi connectivity index (χ2n) is 8.72. The Morgan fingerprint density at radius 1 is 0.941 bits per heavy atom. The standard InChI is InChI=1S/C26H18N2O5S/c29-24(19-6-3-11-34-19)23-21-20(22-16-5-2-1-4-14(16)9-10-27(22)23)25(30)28(26(21)31)15-7-8-17-18(12-15)33-13-32-17/h1-12,20-23H,13H2/t20-,21-,22+,23+/m1/s1. The summed E-state index contributed by atoms with van der Waals surface area (Å²) in [5.74, 6) is -1.17. The third-order valence-electron chi connectivity index (χ3n) is 7.11. The van der Waals surface area contributed by atoms with Gasteiger partial charge in [-0.05, 0) is 40.8 Å². The molecule has 0 radical (unpaired) electrons. The Balaban J connectivity index is 1.37. The topological polar surface area (TPSA) is 76.1 Å². The van der Waals surface area contributed by atoms with Crippen LogP contribution in [0, 0.1) is 11.8 Å². The van der Waals surface area contributed by atoms with Crippen LogP contribution < -0.4 is 14.4 Å². The largest absolute Gasteiger partial charge is 0.454 e. The Morgan fingerprint density at radius 3 is 2.62 bits per heavy atom. The first-order valence-electron chi connectivity index (χ1n) is 11.0. The maximum absolute atomic E-state index is 13.9. The van der Waals surface area contributed by atoms with E-state index in [1.807, 2.05) is 52.9 Å². The summed E-state index contributed by atoms with van der Waals surface area (Å²) in [5.41, 5.74) is 2.38. The molecule has 4 aliphatic rings.